The van der Waals surface area contributed by atoms with Crippen molar-refractivity contribution in [3.05, 3.63) is 77.9 Å². The number of rotatable bonds is 4. The fraction of sp³-hybridized carbons (Fsp3) is 0.286. The second-order valence-corrected chi connectivity index (χ2v) is 6.54. The van der Waals surface area contributed by atoms with Crippen LogP contribution >= 0.6 is 0 Å². The Morgan fingerprint density at radius 2 is 1.96 bits per heavy atom. The van der Waals surface area contributed by atoms with Crippen molar-refractivity contribution >= 4 is 5.78 Å². The first-order chi connectivity index (χ1) is 11.8. The Balaban J connectivity index is 1.65. The van der Waals surface area contributed by atoms with Crippen LogP contribution in [0.3, 0.4) is 0 Å². The molecule has 0 radical (unpaired) electrons. The maximum atomic E-state index is 12.4. The minimum atomic E-state index is -0.0172. The van der Waals surface area contributed by atoms with Crippen molar-refractivity contribution < 1.29 is 9.53 Å². The van der Waals surface area contributed by atoms with E-state index in [9.17, 15) is 4.79 Å². The minimum absolute atomic E-state index is 0.0172. The lowest BCUT2D eigenvalue weighted by Gasteiger charge is -2.31. The zero-order valence-corrected chi connectivity index (χ0v) is 13.8. The van der Waals surface area contributed by atoms with Gasteiger partial charge in [-0.2, -0.15) is 0 Å². The van der Waals surface area contributed by atoms with E-state index in [0.717, 1.165) is 18.7 Å². The standard InChI is InChI=1S/C21H21NO2/c1-24-17-9-5-8-16(12-17)18-13-20-21(23)11-10-19(18)22(20)14-15-6-3-2-4-7-15/h2-12,18-20H,13-14H2,1H3/t18-,19+,20+/m1/s1. The Hall–Kier alpha value is -2.39. The highest BCUT2D eigenvalue weighted by atomic mass is 16.5. The van der Waals surface area contributed by atoms with E-state index in [1.807, 2.05) is 18.2 Å². The van der Waals surface area contributed by atoms with Gasteiger partial charge in [0.05, 0.1) is 13.2 Å². The van der Waals surface area contributed by atoms with Crippen LogP contribution in [0, 0.1) is 0 Å². The highest BCUT2D eigenvalue weighted by Gasteiger charge is 2.45. The molecule has 0 spiro atoms. The van der Waals surface area contributed by atoms with Gasteiger partial charge in [-0.1, -0.05) is 48.5 Å². The van der Waals surface area contributed by atoms with Gasteiger partial charge in [0.1, 0.15) is 5.75 Å². The van der Waals surface area contributed by atoms with Gasteiger partial charge in [-0.05, 0) is 35.8 Å². The van der Waals surface area contributed by atoms with Crippen molar-refractivity contribution in [2.45, 2.75) is 31.0 Å². The van der Waals surface area contributed by atoms with Crippen molar-refractivity contribution in [1.29, 1.82) is 0 Å². The summed E-state index contributed by atoms with van der Waals surface area (Å²) in [6.45, 7) is 0.812. The summed E-state index contributed by atoms with van der Waals surface area (Å²) >= 11 is 0. The van der Waals surface area contributed by atoms with Crippen LogP contribution < -0.4 is 4.74 Å². The number of hydrogen-bond donors (Lipinski definition) is 0. The van der Waals surface area contributed by atoms with Gasteiger partial charge < -0.3 is 4.74 Å². The first-order valence-electron chi connectivity index (χ1n) is 8.42. The normalized spacial score (nSPS) is 25.9. The highest BCUT2D eigenvalue weighted by molar-refractivity contribution is 5.96. The molecule has 24 heavy (non-hydrogen) atoms. The molecular weight excluding hydrogens is 298 g/mol. The Morgan fingerprint density at radius 3 is 2.75 bits per heavy atom. The molecule has 0 amide bonds. The van der Waals surface area contributed by atoms with E-state index in [-0.39, 0.29) is 17.9 Å². The molecule has 4 rings (SSSR count). The predicted octanol–water partition coefficient (Wildman–Crippen LogP) is 3.56. The lowest BCUT2D eigenvalue weighted by Crippen LogP contribution is -2.42. The monoisotopic (exact) mass is 319 g/mol. The van der Waals surface area contributed by atoms with E-state index in [4.69, 9.17) is 4.74 Å². The average Bonchev–Trinajstić information content (AvgIpc) is 2.89. The summed E-state index contributed by atoms with van der Waals surface area (Å²) in [5.74, 6) is 1.43. The number of benzene rings is 2. The van der Waals surface area contributed by atoms with Crippen LogP contribution in [0.25, 0.3) is 0 Å². The quantitative estimate of drug-likeness (QED) is 0.863. The summed E-state index contributed by atoms with van der Waals surface area (Å²) in [5, 5.41) is 0. The maximum Gasteiger partial charge on any atom is 0.172 e. The van der Waals surface area contributed by atoms with Crippen molar-refractivity contribution in [2.75, 3.05) is 7.11 Å². The zero-order chi connectivity index (χ0) is 16.5. The van der Waals surface area contributed by atoms with Crippen LogP contribution in [0.2, 0.25) is 0 Å². The van der Waals surface area contributed by atoms with Crippen LogP contribution in [0.15, 0.2) is 66.7 Å². The third-order valence-electron chi connectivity index (χ3n) is 5.19. The van der Waals surface area contributed by atoms with Gasteiger partial charge in [0.15, 0.2) is 5.78 Å². The third kappa shape index (κ3) is 2.65. The van der Waals surface area contributed by atoms with Gasteiger partial charge in [0.25, 0.3) is 0 Å². The summed E-state index contributed by atoms with van der Waals surface area (Å²) in [6.07, 6.45) is 4.73. The summed E-state index contributed by atoms with van der Waals surface area (Å²) in [4.78, 5) is 14.7. The van der Waals surface area contributed by atoms with E-state index < -0.39 is 0 Å². The van der Waals surface area contributed by atoms with Crippen molar-refractivity contribution in [3.8, 4) is 5.75 Å². The molecular formula is C21H21NO2. The lowest BCUT2D eigenvalue weighted by atomic mass is 9.91. The second-order valence-electron chi connectivity index (χ2n) is 6.54. The Bertz CT molecular complexity index is 768. The summed E-state index contributed by atoms with van der Waals surface area (Å²) < 4.78 is 5.37. The first kappa shape index (κ1) is 15.2. The molecule has 1 saturated heterocycles. The van der Waals surface area contributed by atoms with Crippen LogP contribution in [0.4, 0.5) is 0 Å². The number of methoxy groups -OCH3 is 1. The Kier molecular flexibility index (Phi) is 3.95. The van der Waals surface area contributed by atoms with Gasteiger partial charge >= 0.3 is 0 Å². The Morgan fingerprint density at radius 1 is 1.12 bits per heavy atom. The van der Waals surface area contributed by atoms with E-state index >= 15 is 0 Å². The fourth-order valence-electron chi connectivity index (χ4n) is 4.00. The summed E-state index contributed by atoms with van der Waals surface area (Å²) in [6, 6.07) is 18.9. The van der Waals surface area contributed by atoms with Crippen LogP contribution in [-0.2, 0) is 11.3 Å². The van der Waals surface area contributed by atoms with Gasteiger partial charge in [-0.3, -0.25) is 9.69 Å². The molecule has 3 atom stereocenters. The van der Waals surface area contributed by atoms with Gasteiger partial charge in [-0.25, -0.2) is 0 Å². The Labute approximate surface area is 142 Å². The molecule has 0 unspecified atom stereocenters. The largest absolute Gasteiger partial charge is 0.497 e. The fourth-order valence-corrected chi connectivity index (χ4v) is 4.00. The minimum Gasteiger partial charge on any atom is -0.497 e. The molecule has 0 N–H and O–H groups in total. The van der Waals surface area contributed by atoms with Crippen LogP contribution in [0.5, 0.6) is 5.75 Å². The number of nitrogens with zero attached hydrogens (tertiary/aromatic N) is 1. The number of ether oxygens (including phenoxy) is 1. The number of carbonyl (C=O) groups excluding carboxylic acids is 1. The molecule has 2 aromatic rings. The molecule has 2 aliphatic heterocycles. The number of carbonyl (C=O) groups is 1. The number of fused-ring (bicyclic) bond motifs is 2. The molecule has 3 heteroatoms. The second kappa shape index (κ2) is 6.25. The van der Waals surface area contributed by atoms with Gasteiger partial charge in [0.2, 0.25) is 0 Å². The zero-order valence-electron chi connectivity index (χ0n) is 13.8. The number of hydrogen-bond acceptors (Lipinski definition) is 3. The molecule has 1 fully saturated rings. The number of ketones is 1. The van der Waals surface area contributed by atoms with Crippen LogP contribution in [0.1, 0.15) is 23.5 Å². The molecule has 2 bridgehead atoms. The van der Waals surface area contributed by atoms with Crippen LogP contribution in [-0.4, -0.2) is 29.9 Å². The molecule has 2 aliphatic rings. The summed E-state index contributed by atoms with van der Waals surface area (Å²) in [5.41, 5.74) is 2.50. The topological polar surface area (TPSA) is 29.5 Å². The van der Waals surface area contributed by atoms with E-state index in [1.165, 1.54) is 11.1 Å². The molecule has 3 nitrogen and oxygen atoms in total. The molecule has 0 aromatic heterocycles. The smallest absolute Gasteiger partial charge is 0.172 e. The third-order valence-corrected chi connectivity index (χ3v) is 5.19. The SMILES string of the molecule is COc1cccc([C@H]2C[C@H]3C(=O)C=C[C@@H]2N3Cc2ccccc2)c1. The van der Waals surface area contributed by atoms with Gasteiger partial charge in [-0.15, -0.1) is 0 Å². The molecule has 2 heterocycles. The molecule has 0 saturated carbocycles. The van der Waals surface area contributed by atoms with Crippen molar-refractivity contribution in [1.82, 2.24) is 4.90 Å². The first-order valence-corrected chi connectivity index (χ1v) is 8.42. The molecule has 0 aliphatic carbocycles. The molecule has 122 valence electrons. The average molecular weight is 319 g/mol. The van der Waals surface area contributed by atoms with Crippen molar-refractivity contribution in [2.24, 2.45) is 0 Å². The highest BCUT2D eigenvalue weighted by Crippen LogP contribution is 2.42. The maximum absolute atomic E-state index is 12.4. The van der Waals surface area contributed by atoms with E-state index in [2.05, 4.69) is 47.4 Å². The van der Waals surface area contributed by atoms with Crippen molar-refractivity contribution in [3.63, 3.8) is 0 Å². The van der Waals surface area contributed by atoms with Gasteiger partial charge in [0, 0.05) is 18.5 Å². The van der Waals surface area contributed by atoms with E-state index in [0.29, 0.717) is 5.92 Å². The lowest BCUT2D eigenvalue weighted by molar-refractivity contribution is -0.119. The predicted molar refractivity (Wildman–Crippen MR) is 94.1 cm³/mol. The summed E-state index contributed by atoms with van der Waals surface area (Å²) in [7, 11) is 1.69. The molecule has 2 aromatic carbocycles. The van der Waals surface area contributed by atoms with E-state index in [1.54, 1.807) is 13.2 Å².